The molecule has 0 saturated carbocycles. The molecule has 49 valence electrons. The summed E-state index contributed by atoms with van der Waals surface area (Å²) in [6.45, 7) is 0. The molecule has 0 aliphatic heterocycles. The summed E-state index contributed by atoms with van der Waals surface area (Å²) >= 11 is -0.0833. The molecule has 0 fully saturated rings. The Hall–Kier alpha value is 1.55. The molecule has 9 heteroatoms. The second kappa shape index (κ2) is 9.55. The van der Waals surface area contributed by atoms with Crippen LogP contribution >= 0.6 is 42.4 Å². The molecule has 9 heavy (non-hydrogen) atoms. The van der Waals surface area contributed by atoms with E-state index in [9.17, 15) is 18.9 Å². The number of halogens is 1. The largest absolute Gasteiger partial charge is 0.581 e. The summed E-state index contributed by atoms with van der Waals surface area (Å²) in [6, 6.07) is 0. The van der Waals surface area contributed by atoms with E-state index in [0.29, 0.717) is 0 Å². The van der Waals surface area contributed by atoms with Crippen molar-refractivity contribution in [3.05, 3.63) is 0 Å². The van der Waals surface area contributed by atoms with Crippen molar-refractivity contribution in [1.29, 1.82) is 0 Å². The maximum atomic E-state index is 9.43. The Morgan fingerprint density at radius 2 is 1.33 bits per heavy atom. The topological polar surface area (TPSA) is 80.3 Å². The van der Waals surface area contributed by atoms with Crippen LogP contribution in [-0.2, 0) is 9.13 Å². The molecule has 0 amide bonds. The Balaban J connectivity index is -0.000000180. The molecule has 0 rings (SSSR count). The standard InChI is InChI=1S/BrH.Li.O4P2S/c;;1-5(2)7-6(3)4/h1H;;. The first-order valence-corrected chi connectivity index (χ1v) is 5.48. The maximum Gasteiger partial charge on any atom is 0.438 e. The monoisotopic (exact) mass is 245 g/mol. The Morgan fingerprint density at radius 3 is 1.33 bits per heavy atom. The molecule has 0 aromatic carbocycles. The second-order valence-corrected chi connectivity index (χ2v) is 5.34. The molecule has 0 aromatic heterocycles. The van der Waals surface area contributed by atoms with Crippen molar-refractivity contribution < 1.29 is 18.9 Å². The molecule has 1 radical (unpaired) electrons. The summed E-state index contributed by atoms with van der Waals surface area (Å²) in [6.07, 6.45) is 0. The van der Waals surface area contributed by atoms with Crippen molar-refractivity contribution in [3.63, 3.8) is 0 Å². The average Bonchev–Trinajstić information content (AvgIpc) is 1.27. The summed E-state index contributed by atoms with van der Waals surface area (Å²) in [5, 5.41) is 0. The van der Waals surface area contributed by atoms with Crippen LogP contribution < -0.4 is 9.79 Å². The van der Waals surface area contributed by atoms with Gasteiger partial charge in [0.1, 0.15) is 0 Å². The van der Waals surface area contributed by atoms with Crippen LogP contribution in [0.5, 0.6) is 0 Å². The van der Waals surface area contributed by atoms with Crippen molar-refractivity contribution >= 4 is 61.3 Å². The third-order valence-corrected chi connectivity index (χ3v) is 3.60. The minimum absolute atomic E-state index is 0. The van der Waals surface area contributed by atoms with Gasteiger partial charge in [0.05, 0.1) is 0 Å². The fraction of sp³-hybridized carbons (Fsp3) is 0. The predicted octanol–water partition coefficient (Wildman–Crippen LogP) is -0.0479. The average molecular weight is 246 g/mol. The molecule has 0 heterocycles. The Bertz CT molecular complexity index is 94.7. The van der Waals surface area contributed by atoms with Crippen LogP contribution in [0.3, 0.4) is 0 Å². The van der Waals surface area contributed by atoms with Crippen LogP contribution in [0.25, 0.3) is 0 Å². The zero-order chi connectivity index (χ0) is 5.86. The summed E-state index contributed by atoms with van der Waals surface area (Å²) < 4.78 is 18.9. The van der Waals surface area contributed by atoms with Gasteiger partial charge in [-0.2, -0.15) is 0 Å². The summed E-state index contributed by atoms with van der Waals surface area (Å²) in [5.41, 5.74) is 0. The molecular weight excluding hydrogens is 245 g/mol. The fourth-order valence-corrected chi connectivity index (χ4v) is 1.47. The molecule has 2 atom stereocenters. The van der Waals surface area contributed by atoms with Crippen molar-refractivity contribution in [2.24, 2.45) is 0 Å². The Kier molecular flexibility index (Phi) is 17.9. The van der Waals surface area contributed by atoms with Gasteiger partial charge in [0, 0.05) is 18.9 Å². The van der Waals surface area contributed by atoms with E-state index in [0.717, 1.165) is 0 Å². The van der Waals surface area contributed by atoms with E-state index >= 15 is 0 Å². The van der Waals surface area contributed by atoms with Gasteiger partial charge in [-0.1, -0.05) is 9.13 Å². The van der Waals surface area contributed by atoms with Crippen LogP contribution in [0, 0.1) is 0 Å². The van der Waals surface area contributed by atoms with Crippen LogP contribution in [0.15, 0.2) is 0 Å². The van der Waals surface area contributed by atoms with Crippen LogP contribution in [0.1, 0.15) is 0 Å². The molecular formula is HBrLiO4P2S. The fourth-order valence-electron chi connectivity index (χ4n) is 0.0544. The van der Waals surface area contributed by atoms with E-state index in [1.807, 2.05) is 0 Å². The van der Waals surface area contributed by atoms with E-state index in [2.05, 4.69) is 0 Å². The van der Waals surface area contributed by atoms with E-state index in [4.69, 9.17) is 0 Å². The van der Waals surface area contributed by atoms with Gasteiger partial charge in [0.2, 0.25) is 0 Å². The third kappa shape index (κ3) is 17.7. The van der Waals surface area contributed by atoms with E-state index in [1.165, 1.54) is 0 Å². The van der Waals surface area contributed by atoms with Gasteiger partial charge >= 0.3 is 25.5 Å². The van der Waals surface area contributed by atoms with Crippen LogP contribution in [0.2, 0.25) is 0 Å². The number of rotatable bonds is 2. The van der Waals surface area contributed by atoms with Gasteiger partial charge in [-0.3, -0.25) is 0 Å². The first kappa shape index (κ1) is 16.9. The molecule has 0 aromatic rings. The Morgan fingerprint density at radius 1 is 1.11 bits per heavy atom. The molecule has 2 unspecified atom stereocenters. The summed E-state index contributed by atoms with van der Waals surface area (Å²) in [7, 11) is -5.64. The summed E-state index contributed by atoms with van der Waals surface area (Å²) in [4.78, 5) is 18.9. The molecule has 0 bridgehead atoms. The van der Waals surface area contributed by atoms with Gasteiger partial charge < -0.3 is 9.79 Å². The third-order valence-electron chi connectivity index (χ3n) is 0.133. The van der Waals surface area contributed by atoms with E-state index in [1.54, 1.807) is 0 Å². The molecule has 4 nitrogen and oxygen atoms in total. The van der Waals surface area contributed by atoms with Crippen LogP contribution in [-0.4, -0.2) is 18.9 Å². The quantitative estimate of drug-likeness (QED) is 0.504. The predicted molar refractivity (Wildman–Crippen MR) is 38.9 cm³/mol. The van der Waals surface area contributed by atoms with Crippen molar-refractivity contribution in [2.45, 2.75) is 0 Å². The van der Waals surface area contributed by atoms with Crippen LogP contribution in [0.4, 0.5) is 0 Å². The normalized spacial score (nSPS) is 10.4. The summed E-state index contributed by atoms with van der Waals surface area (Å²) in [5.74, 6) is 0. The van der Waals surface area contributed by atoms with Gasteiger partial charge in [-0.25, -0.2) is 0 Å². The van der Waals surface area contributed by atoms with Gasteiger partial charge in [-0.15, -0.1) is 17.0 Å². The number of hydrogen-bond acceptors (Lipinski definition) is 5. The second-order valence-electron chi connectivity index (χ2n) is 0.529. The maximum absolute atomic E-state index is 9.43. The first-order valence-electron chi connectivity index (χ1n) is 1.10. The Labute approximate surface area is 80.0 Å². The van der Waals surface area contributed by atoms with Gasteiger partial charge in [-0.05, 0) is 0 Å². The van der Waals surface area contributed by atoms with Crippen molar-refractivity contribution in [2.75, 3.05) is 0 Å². The molecule has 0 aliphatic rings. The molecule has 0 spiro atoms. The SMILES string of the molecule is Br.O=[P+]([O-])S[P+](=O)[O-].[Li]. The van der Waals surface area contributed by atoms with E-state index in [-0.39, 0.29) is 46.8 Å². The first-order chi connectivity index (χ1) is 3.13. The number of hydrogen-bond donors (Lipinski definition) is 0. The molecule has 0 aliphatic carbocycles. The van der Waals surface area contributed by atoms with Gasteiger partial charge in [0.15, 0.2) is 0 Å². The van der Waals surface area contributed by atoms with E-state index < -0.39 is 14.5 Å². The van der Waals surface area contributed by atoms with Crippen molar-refractivity contribution in [3.8, 4) is 0 Å². The molecule has 0 N–H and O–H groups in total. The minimum Gasteiger partial charge on any atom is -0.581 e. The zero-order valence-corrected chi connectivity index (χ0v) is 8.66. The molecule has 0 saturated heterocycles. The smallest absolute Gasteiger partial charge is 0.438 e. The zero-order valence-electron chi connectivity index (χ0n) is 4.34. The van der Waals surface area contributed by atoms with Gasteiger partial charge in [0.25, 0.3) is 0 Å². The minimum atomic E-state index is -2.82. The van der Waals surface area contributed by atoms with Crippen molar-refractivity contribution in [1.82, 2.24) is 0 Å².